The predicted molar refractivity (Wildman–Crippen MR) is 59.4 cm³/mol. The van der Waals surface area contributed by atoms with E-state index in [-0.39, 0.29) is 12.1 Å². The molecule has 6 nitrogen and oxygen atoms in total. The maximum absolute atomic E-state index is 13.1. The zero-order valence-electron chi connectivity index (χ0n) is 8.44. The van der Waals surface area contributed by atoms with Crippen LogP contribution in [0.2, 0.25) is 0 Å². The van der Waals surface area contributed by atoms with Crippen molar-refractivity contribution in [3.05, 3.63) is 39.9 Å². The lowest BCUT2D eigenvalue weighted by Crippen LogP contribution is -2.23. The van der Waals surface area contributed by atoms with Crippen molar-refractivity contribution in [3.8, 4) is 0 Å². The number of H-pyrrole nitrogens is 1. The van der Waals surface area contributed by atoms with Gasteiger partial charge in [-0.3, -0.25) is 4.79 Å². The van der Waals surface area contributed by atoms with Crippen LogP contribution in [0.15, 0.2) is 22.7 Å². The van der Waals surface area contributed by atoms with Crippen molar-refractivity contribution in [2.75, 3.05) is 0 Å². The molecule has 0 fully saturated rings. The van der Waals surface area contributed by atoms with Crippen LogP contribution >= 0.6 is 15.9 Å². The molecule has 0 unspecified atom stereocenters. The van der Waals surface area contributed by atoms with Crippen molar-refractivity contribution < 1.29 is 9.18 Å². The molecule has 2 N–H and O–H groups in total. The van der Waals surface area contributed by atoms with Gasteiger partial charge in [-0.2, -0.15) is 5.21 Å². The standard InChI is InChI=1S/C9H7BrFN5O/c10-6-1-5(2-7(11)3-6)9(17)12-4-8-13-15-16-14-8/h1-3H,4H2,(H,12,17)(H,13,14,15,16). The van der Waals surface area contributed by atoms with E-state index in [4.69, 9.17) is 0 Å². The van der Waals surface area contributed by atoms with Gasteiger partial charge in [0.2, 0.25) is 0 Å². The average Bonchev–Trinajstić information content (AvgIpc) is 2.77. The van der Waals surface area contributed by atoms with Gasteiger partial charge in [0.25, 0.3) is 5.91 Å². The molecular weight excluding hydrogens is 293 g/mol. The van der Waals surface area contributed by atoms with E-state index in [1.54, 1.807) is 0 Å². The van der Waals surface area contributed by atoms with E-state index in [0.717, 1.165) is 6.07 Å². The van der Waals surface area contributed by atoms with Gasteiger partial charge < -0.3 is 5.32 Å². The average molecular weight is 300 g/mol. The number of amides is 1. The van der Waals surface area contributed by atoms with Gasteiger partial charge >= 0.3 is 0 Å². The highest BCUT2D eigenvalue weighted by Crippen LogP contribution is 2.14. The van der Waals surface area contributed by atoms with E-state index in [1.165, 1.54) is 12.1 Å². The van der Waals surface area contributed by atoms with Crippen LogP contribution in [0.25, 0.3) is 0 Å². The Bertz CT molecular complexity index is 510. The molecule has 1 aromatic carbocycles. The summed E-state index contributed by atoms with van der Waals surface area (Å²) in [5.74, 6) is -0.534. The van der Waals surface area contributed by atoms with E-state index in [0.29, 0.717) is 10.3 Å². The molecule has 0 aliphatic carbocycles. The van der Waals surface area contributed by atoms with Crippen molar-refractivity contribution in [2.45, 2.75) is 6.54 Å². The van der Waals surface area contributed by atoms with Gasteiger partial charge in [0.1, 0.15) is 5.82 Å². The van der Waals surface area contributed by atoms with Gasteiger partial charge in [-0.25, -0.2) is 4.39 Å². The van der Waals surface area contributed by atoms with Crippen LogP contribution in [0.3, 0.4) is 0 Å². The number of aromatic amines is 1. The minimum atomic E-state index is -0.482. The quantitative estimate of drug-likeness (QED) is 0.887. The summed E-state index contributed by atoms with van der Waals surface area (Å²) in [6, 6.07) is 3.95. The summed E-state index contributed by atoms with van der Waals surface area (Å²) in [4.78, 5) is 11.7. The molecular formula is C9H7BrFN5O. The highest BCUT2D eigenvalue weighted by atomic mass is 79.9. The van der Waals surface area contributed by atoms with Crippen LogP contribution < -0.4 is 5.32 Å². The van der Waals surface area contributed by atoms with Crippen LogP contribution in [0.4, 0.5) is 4.39 Å². The third kappa shape index (κ3) is 3.06. The summed E-state index contributed by atoms with van der Waals surface area (Å²) in [5, 5.41) is 15.5. The van der Waals surface area contributed by atoms with E-state index >= 15 is 0 Å². The van der Waals surface area contributed by atoms with Crippen molar-refractivity contribution >= 4 is 21.8 Å². The van der Waals surface area contributed by atoms with Crippen LogP contribution in [0.1, 0.15) is 16.2 Å². The largest absolute Gasteiger partial charge is 0.345 e. The summed E-state index contributed by atoms with van der Waals surface area (Å²) in [5.41, 5.74) is 0.223. The maximum atomic E-state index is 13.1. The topological polar surface area (TPSA) is 83.6 Å². The fourth-order valence-corrected chi connectivity index (χ4v) is 1.67. The lowest BCUT2D eigenvalue weighted by atomic mass is 10.2. The second-order valence-electron chi connectivity index (χ2n) is 3.17. The predicted octanol–water partition coefficient (Wildman–Crippen LogP) is 1.03. The first kappa shape index (κ1) is 11.6. The molecule has 0 spiro atoms. The number of nitrogens with zero attached hydrogens (tertiary/aromatic N) is 3. The van der Waals surface area contributed by atoms with Gasteiger partial charge in [-0.15, -0.1) is 10.2 Å². The Morgan fingerprint density at radius 2 is 2.29 bits per heavy atom. The Morgan fingerprint density at radius 3 is 2.94 bits per heavy atom. The molecule has 2 rings (SSSR count). The second kappa shape index (κ2) is 5.00. The fourth-order valence-electron chi connectivity index (χ4n) is 1.20. The van der Waals surface area contributed by atoms with Gasteiger partial charge in [0.15, 0.2) is 5.82 Å². The molecule has 8 heteroatoms. The number of carbonyl (C=O) groups excluding carboxylic acids is 1. The molecule has 0 bridgehead atoms. The summed E-state index contributed by atoms with van der Waals surface area (Å²) in [7, 11) is 0. The maximum Gasteiger partial charge on any atom is 0.251 e. The molecule has 1 amide bonds. The van der Waals surface area contributed by atoms with E-state index in [9.17, 15) is 9.18 Å². The van der Waals surface area contributed by atoms with Gasteiger partial charge in [-0.1, -0.05) is 21.1 Å². The van der Waals surface area contributed by atoms with Crippen molar-refractivity contribution in [1.29, 1.82) is 0 Å². The minimum Gasteiger partial charge on any atom is -0.345 e. The number of rotatable bonds is 3. The minimum absolute atomic E-state index is 0.128. The molecule has 0 saturated carbocycles. The Hall–Kier alpha value is -1.83. The SMILES string of the molecule is O=C(NCc1nn[nH]n1)c1cc(F)cc(Br)c1. The number of tetrazole rings is 1. The van der Waals surface area contributed by atoms with Crippen molar-refractivity contribution in [3.63, 3.8) is 0 Å². The summed E-state index contributed by atoms with van der Waals surface area (Å²) < 4.78 is 13.6. The Kier molecular flexibility index (Phi) is 3.43. The normalized spacial score (nSPS) is 10.2. The van der Waals surface area contributed by atoms with Gasteiger partial charge in [0.05, 0.1) is 6.54 Å². The lowest BCUT2D eigenvalue weighted by molar-refractivity contribution is 0.0949. The third-order valence-corrected chi connectivity index (χ3v) is 2.38. The molecule has 0 saturated heterocycles. The summed E-state index contributed by atoms with van der Waals surface area (Å²) in [6.45, 7) is 0.128. The second-order valence-corrected chi connectivity index (χ2v) is 4.08. The van der Waals surface area contributed by atoms with Crippen molar-refractivity contribution in [1.82, 2.24) is 25.9 Å². The molecule has 1 aromatic heterocycles. The lowest BCUT2D eigenvalue weighted by Gasteiger charge is -2.03. The van der Waals surface area contributed by atoms with E-state index in [1.807, 2.05) is 0 Å². The molecule has 88 valence electrons. The molecule has 2 aromatic rings. The van der Waals surface area contributed by atoms with Crippen LogP contribution in [-0.2, 0) is 6.54 Å². The zero-order chi connectivity index (χ0) is 12.3. The highest BCUT2D eigenvalue weighted by Gasteiger charge is 2.09. The first-order valence-electron chi connectivity index (χ1n) is 4.62. The molecule has 0 aliphatic rings. The zero-order valence-corrected chi connectivity index (χ0v) is 10.0. The van der Waals surface area contributed by atoms with Crippen LogP contribution in [0, 0.1) is 5.82 Å². The summed E-state index contributed by atoms with van der Waals surface area (Å²) >= 11 is 3.11. The number of halogens is 2. The Balaban J connectivity index is 2.04. The smallest absolute Gasteiger partial charge is 0.251 e. The molecule has 0 atom stereocenters. The van der Waals surface area contributed by atoms with Gasteiger partial charge in [-0.05, 0) is 18.2 Å². The Labute approximate surface area is 104 Å². The molecule has 0 aliphatic heterocycles. The Morgan fingerprint density at radius 1 is 1.47 bits per heavy atom. The number of benzene rings is 1. The number of nitrogens with one attached hydrogen (secondary N) is 2. The number of hydrogen-bond acceptors (Lipinski definition) is 4. The van der Waals surface area contributed by atoms with Crippen LogP contribution in [-0.4, -0.2) is 26.5 Å². The molecule has 17 heavy (non-hydrogen) atoms. The number of aromatic nitrogens is 4. The molecule has 0 radical (unpaired) electrons. The van der Waals surface area contributed by atoms with E-state index < -0.39 is 11.7 Å². The third-order valence-electron chi connectivity index (χ3n) is 1.92. The first-order chi connectivity index (χ1) is 8.15. The summed E-state index contributed by atoms with van der Waals surface area (Å²) in [6.07, 6.45) is 0. The van der Waals surface area contributed by atoms with Crippen LogP contribution in [0.5, 0.6) is 0 Å². The van der Waals surface area contributed by atoms with E-state index in [2.05, 4.69) is 41.9 Å². The van der Waals surface area contributed by atoms with Gasteiger partial charge in [0, 0.05) is 10.0 Å². The number of hydrogen-bond donors (Lipinski definition) is 2. The first-order valence-corrected chi connectivity index (χ1v) is 5.41. The highest BCUT2D eigenvalue weighted by molar-refractivity contribution is 9.10. The fraction of sp³-hybridized carbons (Fsp3) is 0.111. The monoisotopic (exact) mass is 299 g/mol. The van der Waals surface area contributed by atoms with Crippen molar-refractivity contribution in [2.24, 2.45) is 0 Å². The molecule has 1 heterocycles. The number of carbonyl (C=O) groups is 1.